The molecule has 2 rings (SSSR count). The number of para-hydroxylation sites is 1. The van der Waals surface area contributed by atoms with Crippen molar-refractivity contribution in [3.63, 3.8) is 0 Å². The second-order valence-corrected chi connectivity index (χ2v) is 5.89. The predicted octanol–water partition coefficient (Wildman–Crippen LogP) is 4.65. The molecule has 21 heavy (non-hydrogen) atoms. The summed E-state index contributed by atoms with van der Waals surface area (Å²) in [5.74, 6) is -0.719. The summed E-state index contributed by atoms with van der Waals surface area (Å²) in [6, 6.07) is 10.5. The van der Waals surface area contributed by atoms with Crippen molar-refractivity contribution >= 4 is 0 Å². The summed E-state index contributed by atoms with van der Waals surface area (Å²) in [4.78, 5) is 0. The highest BCUT2D eigenvalue weighted by Crippen LogP contribution is 2.28. The van der Waals surface area contributed by atoms with Crippen molar-refractivity contribution in [2.24, 2.45) is 0 Å². The van der Waals surface area contributed by atoms with Gasteiger partial charge in [0, 0.05) is 23.7 Å². The molecule has 0 aliphatic heterocycles. The van der Waals surface area contributed by atoms with E-state index in [2.05, 4.69) is 26.1 Å². The van der Waals surface area contributed by atoms with Crippen molar-refractivity contribution in [2.45, 2.75) is 32.9 Å². The minimum atomic E-state index is -0.588. The number of halogens is 2. The van der Waals surface area contributed by atoms with Crippen LogP contribution in [0.3, 0.4) is 0 Å². The number of nitrogens with one attached hydrogen (secondary N) is 1. The Balaban J connectivity index is 2.22. The first-order valence-electron chi connectivity index (χ1n) is 6.81. The van der Waals surface area contributed by atoms with Gasteiger partial charge in [-0.1, -0.05) is 18.2 Å². The van der Waals surface area contributed by atoms with E-state index in [1.54, 1.807) is 12.1 Å². The maximum Gasteiger partial charge on any atom is 0.165 e. The molecule has 0 heterocycles. The molecule has 1 N–H and O–H groups in total. The SMILES string of the molecule is CC(C)(C)NCc1ccccc1Oc1cc(F)ccc1F. The standard InChI is InChI=1S/C17H19F2NO/c1-17(2,3)20-11-12-6-4-5-7-15(12)21-16-10-13(18)8-9-14(16)19/h4-10,20H,11H2,1-3H3. The third-order valence-electron chi connectivity index (χ3n) is 2.89. The normalized spacial score (nSPS) is 11.5. The van der Waals surface area contributed by atoms with Crippen molar-refractivity contribution in [1.29, 1.82) is 0 Å². The molecule has 2 nitrogen and oxygen atoms in total. The van der Waals surface area contributed by atoms with Crippen LogP contribution >= 0.6 is 0 Å². The number of hydrogen-bond donors (Lipinski definition) is 1. The molecule has 4 heteroatoms. The van der Waals surface area contributed by atoms with E-state index in [0.717, 1.165) is 23.8 Å². The van der Waals surface area contributed by atoms with Gasteiger partial charge in [-0.15, -0.1) is 0 Å². The Bertz CT molecular complexity index is 620. The van der Waals surface area contributed by atoms with Crippen LogP contribution in [-0.4, -0.2) is 5.54 Å². The van der Waals surface area contributed by atoms with Gasteiger partial charge in [0.25, 0.3) is 0 Å². The Hall–Kier alpha value is -1.94. The lowest BCUT2D eigenvalue weighted by molar-refractivity contribution is 0.406. The van der Waals surface area contributed by atoms with E-state index >= 15 is 0 Å². The first-order chi connectivity index (χ1) is 9.85. The molecule has 0 saturated heterocycles. The first kappa shape index (κ1) is 15.4. The van der Waals surface area contributed by atoms with E-state index in [-0.39, 0.29) is 11.3 Å². The van der Waals surface area contributed by atoms with Crippen LogP contribution in [0.1, 0.15) is 26.3 Å². The van der Waals surface area contributed by atoms with Crippen LogP contribution in [0.2, 0.25) is 0 Å². The van der Waals surface area contributed by atoms with E-state index in [4.69, 9.17) is 4.74 Å². The Labute approximate surface area is 123 Å². The quantitative estimate of drug-likeness (QED) is 0.885. The van der Waals surface area contributed by atoms with Crippen LogP contribution in [0.25, 0.3) is 0 Å². The van der Waals surface area contributed by atoms with Gasteiger partial charge in [-0.2, -0.15) is 0 Å². The summed E-state index contributed by atoms with van der Waals surface area (Å²) in [5.41, 5.74) is 0.841. The van der Waals surface area contributed by atoms with Crippen LogP contribution in [0.4, 0.5) is 8.78 Å². The lowest BCUT2D eigenvalue weighted by Gasteiger charge is -2.21. The van der Waals surface area contributed by atoms with Crippen molar-refractivity contribution in [3.8, 4) is 11.5 Å². The highest BCUT2D eigenvalue weighted by molar-refractivity contribution is 5.38. The van der Waals surface area contributed by atoms with E-state index in [9.17, 15) is 8.78 Å². The Morgan fingerprint density at radius 2 is 1.71 bits per heavy atom. The molecule has 0 aromatic heterocycles. The van der Waals surface area contributed by atoms with Gasteiger partial charge in [-0.05, 0) is 39.0 Å². The minimum Gasteiger partial charge on any atom is -0.454 e. The largest absolute Gasteiger partial charge is 0.454 e. The van der Waals surface area contributed by atoms with Gasteiger partial charge in [0.05, 0.1) is 0 Å². The van der Waals surface area contributed by atoms with Crippen molar-refractivity contribution in [3.05, 3.63) is 59.7 Å². The summed E-state index contributed by atoms with van der Waals surface area (Å²) >= 11 is 0. The lowest BCUT2D eigenvalue weighted by Crippen LogP contribution is -2.35. The summed E-state index contributed by atoms with van der Waals surface area (Å²) in [7, 11) is 0. The molecule has 2 aromatic carbocycles. The van der Waals surface area contributed by atoms with E-state index in [1.807, 2.05) is 12.1 Å². The van der Waals surface area contributed by atoms with E-state index in [1.165, 1.54) is 0 Å². The van der Waals surface area contributed by atoms with Gasteiger partial charge in [0.15, 0.2) is 11.6 Å². The fourth-order valence-electron chi connectivity index (χ4n) is 1.78. The summed E-state index contributed by atoms with van der Waals surface area (Å²) in [5, 5.41) is 3.34. The Kier molecular flexibility index (Phi) is 4.58. The Morgan fingerprint density at radius 1 is 1.00 bits per heavy atom. The zero-order chi connectivity index (χ0) is 15.5. The van der Waals surface area contributed by atoms with Crippen molar-refractivity contribution < 1.29 is 13.5 Å². The van der Waals surface area contributed by atoms with Crippen molar-refractivity contribution in [1.82, 2.24) is 5.32 Å². The molecule has 0 radical (unpaired) electrons. The number of ether oxygens (including phenoxy) is 1. The first-order valence-corrected chi connectivity index (χ1v) is 6.81. The van der Waals surface area contributed by atoms with E-state index < -0.39 is 11.6 Å². The fraction of sp³-hybridized carbons (Fsp3) is 0.294. The maximum absolute atomic E-state index is 13.7. The minimum absolute atomic E-state index is 0.0444. The highest BCUT2D eigenvalue weighted by Gasteiger charge is 2.12. The molecule has 0 aliphatic carbocycles. The highest BCUT2D eigenvalue weighted by atomic mass is 19.1. The average Bonchev–Trinajstić information content (AvgIpc) is 2.41. The van der Waals surface area contributed by atoms with E-state index in [0.29, 0.717) is 12.3 Å². The summed E-state index contributed by atoms with van der Waals surface area (Å²) in [6.45, 7) is 6.75. The molecule has 0 spiro atoms. The molecule has 0 unspecified atom stereocenters. The average molecular weight is 291 g/mol. The van der Waals surface area contributed by atoms with Gasteiger partial charge >= 0.3 is 0 Å². The molecule has 2 aromatic rings. The third kappa shape index (κ3) is 4.53. The zero-order valence-corrected chi connectivity index (χ0v) is 12.4. The third-order valence-corrected chi connectivity index (χ3v) is 2.89. The topological polar surface area (TPSA) is 21.3 Å². The smallest absolute Gasteiger partial charge is 0.165 e. The monoisotopic (exact) mass is 291 g/mol. The van der Waals surface area contributed by atoms with Gasteiger partial charge < -0.3 is 10.1 Å². The number of benzene rings is 2. The van der Waals surface area contributed by atoms with Gasteiger partial charge in [-0.3, -0.25) is 0 Å². The lowest BCUT2D eigenvalue weighted by atomic mass is 10.1. The summed E-state index contributed by atoms with van der Waals surface area (Å²) < 4.78 is 32.4. The van der Waals surface area contributed by atoms with Gasteiger partial charge in [-0.25, -0.2) is 8.78 Å². The van der Waals surface area contributed by atoms with Crippen LogP contribution in [0.15, 0.2) is 42.5 Å². The van der Waals surface area contributed by atoms with Gasteiger partial charge in [0.2, 0.25) is 0 Å². The van der Waals surface area contributed by atoms with Crippen LogP contribution in [-0.2, 0) is 6.54 Å². The van der Waals surface area contributed by atoms with Crippen molar-refractivity contribution in [2.75, 3.05) is 0 Å². The molecule has 112 valence electrons. The molecule has 0 bridgehead atoms. The summed E-state index contributed by atoms with van der Waals surface area (Å²) in [6.07, 6.45) is 0. The van der Waals surface area contributed by atoms with Crippen LogP contribution in [0.5, 0.6) is 11.5 Å². The number of rotatable bonds is 4. The molecule has 0 atom stereocenters. The molecule has 0 aliphatic rings. The second-order valence-electron chi connectivity index (χ2n) is 5.89. The molecular weight excluding hydrogens is 272 g/mol. The maximum atomic E-state index is 13.7. The molecule has 0 saturated carbocycles. The van der Waals surface area contributed by atoms with Crippen LogP contribution in [0, 0.1) is 11.6 Å². The van der Waals surface area contributed by atoms with Gasteiger partial charge in [0.1, 0.15) is 11.6 Å². The Morgan fingerprint density at radius 3 is 2.43 bits per heavy atom. The second kappa shape index (κ2) is 6.22. The zero-order valence-electron chi connectivity index (χ0n) is 12.4. The fourth-order valence-corrected chi connectivity index (χ4v) is 1.78. The molecule has 0 fully saturated rings. The van der Waals surface area contributed by atoms with Crippen LogP contribution < -0.4 is 10.1 Å². The number of hydrogen-bond acceptors (Lipinski definition) is 2. The molecular formula is C17H19F2NO. The molecule has 0 amide bonds. The predicted molar refractivity (Wildman–Crippen MR) is 79.5 cm³/mol.